The Morgan fingerprint density at radius 1 is 0.714 bits per heavy atom. The van der Waals surface area contributed by atoms with Gasteiger partial charge in [0.2, 0.25) is 0 Å². The average molecular weight is 569 g/mol. The summed E-state index contributed by atoms with van der Waals surface area (Å²) in [6, 6.07) is 0. The molecule has 0 aliphatic heterocycles. The molecular weight excluding hydrogens is 512 g/mol. The Balaban J connectivity index is 1.90. The fraction of sp³-hybridized carbons (Fsp3) is 0.450. The molecule has 2 heteroatoms. The Kier molecular flexibility index (Phi) is 13.5. The Hall–Kier alpha value is -2.94. The van der Waals surface area contributed by atoms with Gasteiger partial charge in [-0.05, 0) is 77.2 Å². The lowest BCUT2D eigenvalue weighted by Gasteiger charge is -2.38. The highest BCUT2D eigenvalue weighted by atomic mass is 16.3. The molecule has 0 amide bonds. The summed E-state index contributed by atoms with van der Waals surface area (Å²) >= 11 is 0. The zero-order chi connectivity index (χ0) is 31.5. The number of aliphatic hydroxyl groups excluding tert-OH is 2. The van der Waals surface area contributed by atoms with Gasteiger partial charge in [0.25, 0.3) is 0 Å². The summed E-state index contributed by atoms with van der Waals surface area (Å²) in [5.74, 6) is 0.348. The minimum Gasteiger partial charge on any atom is -0.393 e. The fourth-order valence-corrected chi connectivity index (χ4v) is 6.14. The molecule has 0 radical (unpaired) electrons. The monoisotopic (exact) mass is 568 g/mol. The van der Waals surface area contributed by atoms with Gasteiger partial charge in [-0.2, -0.15) is 0 Å². The quantitative estimate of drug-likeness (QED) is 0.203. The highest BCUT2D eigenvalue weighted by Crippen LogP contribution is 2.42. The van der Waals surface area contributed by atoms with E-state index < -0.39 is 0 Å². The molecule has 228 valence electrons. The van der Waals surface area contributed by atoms with Crippen LogP contribution >= 0.6 is 0 Å². The van der Waals surface area contributed by atoms with Crippen LogP contribution in [0.4, 0.5) is 0 Å². The predicted octanol–water partition coefficient (Wildman–Crippen LogP) is 10.4. The smallest absolute Gasteiger partial charge is 0.0729 e. The lowest BCUT2D eigenvalue weighted by Crippen LogP contribution is -2.32. The van der Waals surface area contributed by atoms with Gasteiger partial charge in [0, 0.05) is 5.92 Å². The molecule has 0 saturated heterocycles. The molecule has 42 heavy (non-hydrogen) atoms. The molecule has 0 aromatic rings. The van der Waals surface area contributed by atoms with Gasteiger partial charge in [0.05, 0.1) is 12.2 Å². The Bertz CT molecular complexity index is 1270. The summed E-state index contributed by atoms with van der Waals surface area (Å²) < 4.78 is 0. The SMILES string of the molecule is CC1=C[C@@H](O)CC(C)(C)[C@H]1/C=C/C(C)=C\C=C\C(C)=C\C=C\C=C(C)\C=C\C=C(C)\C=C\C1=C(C)C[C@@H](O)CC1(C)C. The van der Waals surface area contributed by atoms with Gasteiger partial charge in [-0.3, -0.25) is 0 Å². The normalized spacial score (nSPS) is 26.6. The minimum atomic E-state index is -0.331. The first-order valence-electron chi connectivity index (χ1n) is 15.4. The van der Waals surface area contributed by atoms with Crippen LogP contribution in [0.1, 0.15) is 88.5 Å². The zero-order valence-electron chi connectivity index (χ0n) is 27.9. The van der Waals surface area contributed by atoms with Gasteiger partial charge in [0.15, 0.2) is 0 Å². The van der Waals surface area contributed by atoms with Crippen molar-refractivity contribution in [2.45, 2.75) is 101 Å². The third-order valence-electron chi connectivity index (χ3n) is 8.33. The van der Waals surface area contributed by atoms with Crippen LogP contribution in [0.5, 0.6) is 0 Å². The number of rotatable bonds is 10. The molecule has 0 unspecified atom stereocenters. The Morgan fingerprint density at radius 2 is 1.21 bits per heavy atom. The molecule has 0 bridgehead atoms. The molecule has 2 nitrogen and oxygen atoms in total. The summed E-state index contributed by atoms with van der Waals surface area (Å²) in [4.78, 5) is 0. The average Bonchev–Trinajstić information content (AvgIpc) is 2.84. The molecule has 0 spiro atoms. The van der Waals surface area contributed by atoms with Crippen LogP contribution in [0.15, 0.2) is 130 Å². The maximum atomic E-state index is 10.1. The van der Waals surface area contributed by atoms with Crippen molar-refractivity contribution in [3.8, 4) is 0 Å². The lowest BCUT2D eigenvalue weighted by molar-refractivity contribution is 0.116. The zero-order valence-corrected chi connectivity index (χ0v) is 27.9. The number of aliphatic hydroxyl groups is 2. The van der Waals surface area contributed by atoms with E-state index in [4.69, 9.17) is 0 Å². The van der Waals surface area contributed by atoms with Crippen molar-refractivity contribution in [3.05, 3.63) is 130 Å². The van der Waals surface area contributed by atoms with E-state index in [0.717, 1.165) is 19.3 Å². The second kappa shape index (κ2) is 16.1. The van der Waals surface area contributed by atoms with Crippen LogP contribution in [0.3, 0.4) is 0 Å². The van der Waals surface area contributed by atoms with E-state index in [-0.39, 0.29) is 23.0 Å². The second-order valence-corrected chi connectivity index (χ2v) is 13.7. The predicted molar refractivity (Wildman–Crippen MR) is 184 cm³/mol. The van der Waals surface area contributed by atoms with E-state index in [9.17, 15) is 10.2 Å². The first kappa shape index (κ1) is 35.3. The third kappa shape index (κ3) is 11.7. The van der Waals surface area contributed by atoms with Crippen LogP contribution in [0.2, 0.25) is 0 Å². The van der Waals surface area contributed by atoms with Crippen LogP contribution in [0, 0.1) is 16.7 Å². The lowest BCUT2D eigenvalue weighted by atomic mass is 9.67. The largest absolute Gasteiger partial charge is 0.393 e. The molecule has 0 fully saturated rings. The molecule has 3 atom stereocenters. The Morgan fingerprint density at radius 3 is 1.74 bits per heavy atom. The number of hydrogen-bond donors (Lipinski definition) is 2. The van der Waals surface area contributed by atoms with Crippen LogP contribution < -0.4 is 0 Å². The molecule has 0 aromatic carbocycles. The molecule has 2 rings (SSSR count). The van der Waals surface area contributed by atoms with Crippen molar-refractivity contribution in [1.82, 2.24) is 0 Å². The van der Waals surface area contributed by atoms with Gasteiger partial charge in [-0.1, -0.05) is 152 Å². The van der Waals surface area contributed by atoms with E-state index in [1.165, 1.54) is 39.0 Å². The topological polar surface area (TPSA) is 40.5 Å². The summed E-state index contributed by atoms with van der Waals surface area (Å²) in [5, 5.41) is 20.2. The van der Waals surface area contributed by atoms with Gasteiger partial charge in [-0.15, -0.1) is 0 Å². The van der Waals surface area contributed by atoms with Crippen molar-refractivity contribution in [1.29, 1.82) is 0 Å². The van der Waals surface area contributed by atoms with Crippen molar-refractivity contribution >= 4 is 0 Å². The molecule has 0 saturated carbocycles. The van der Waals surface area contributed by atoms with E-state index in [1.54, 1.807) is 0 Å². The maximum absolute atomic E-state index is 10.1. The second-order valence-electron chi connectivity index (χ2n) is 13.7. The molecule has 2 aliphatic carbocycles. The third-order valence-corrected chi connectivity index (χ3v) is 8.33. The standard InChI is InChI=1S/C40H56O2/c1-29(17-13-19-31(3)21-23-37-33(5)25-35(41)27-39(37,7)8)15-11-12-16-30(2)18-14-20-32(4)22-24-38-34(6)26-36(42)28-40(38,9)10/h11-25,35-37,41-42H,26-28H2,1-10H3/b12-11+,17-13+,18-14+,23-21+,24-22+,29-15+,30-16+,31-19-,32-20+/t35-,36-,37+/m1/s1. The van der Waals surface area contributed by atoms with E-state index in [2.05, 4.69) is 154 Å². The molecule has 2 N–H and O–H groups in total. The fourth-order valence-electron chi connectivity index (χ4n) is 6.14. The summed E-state index contributed by atoms with van der Waals surface area (Å²) in [6.07, 6.45) is 33.8. The summed E-state index contributed by atoms with van der Waals surface area (Å²) in [5.41, 5.74) is 8.73. The number of hydrogen-bond acceptors (Lipinski definition) is 2. The van der Waals surface area contributed by atoms with Crippen molar-refractivity contribution in [2.24, 2.45) is 16.7 Å². The van der Waals surface area contributed by atoms with Crippen molar-refractivity contribution in [3.63, 3.8) is 0 Å². The van der Waals surface area contributed by atoms with Gasteiger partial charge < -0.3 is 10.2 Å². The van der Waals surface area contributed by atoms with Crippen LogP contribution in [-0.4, -0.2) is 22.4 Å². The van der Waals surface area contributed by atoms with Crippen LogP contribution in [0.25, 0.3) is 0 Å². The van der Waals surface area contributed by atoms with Crippen molar-refractivity contribution < 1.29 is 10.2 Å². The van der Waals surface area contributed by atoms with Gasteiger partial charge in [-0.25, -0.2) is 0 Å². The van der Waals surface area contributed by atoms with E-state index >= 15 is 0 Å². The molecule has 2 aliphatic rings. The highest BCUT2D eigenvalue weighted by molar-refractivity contribution is 5.38. The van der Waals surface area contributed by atoms with Gasteiger partial charge in [0.1, 0.15) is 0 Å². The van der Waals surface area contributed by atoms with E-state index in [0.29, 0.717) is 5.92 Å². The van der Waals surface area contributed by atoms with E-state index in [1.807, 2.05) is 6.08 Å². The maximum Gasteiger partial charge on any atom is 0.0729 e. The molecular formula is C40H56O2. The molecule has 0 aromatic heterocycles. The van der Waals surface area contributed by atoms with Crippen molar-refractivity contribution in [2.75, 3.05) is 0 Å². The summed E-state index contributed by atoms with van der Waals surface area (Å²) in [7, 11) is 0. The first-order chi connectivity index (χ1) is 19.6. The minimum absolute atomic E-state index is 0.00528. The Labute approximate surface area is 257 Å². The van der Waals surface area contributed by atoms with Crippen LogP contribution in [-0.2, 0) is 0 Å². The first-order valence-corrected chi connectivity index (χ1v) is 15.4. The van der Waals surface area contributed by atoms with Gasteiger partial charge >= 0.3 is 0 Å². The molecule has 0 heterocycles. The summed E-state index contributed by atoms with van der Waals surface area (Å²) in [6.45, 7) is 21.6. The number of allylic oxidation sites excluding steroid dienone is 20. The highest BCUT2D eigenvalue weighted by Gasteiger charge is 2.34.